The summed E-state index contributed by atoms with van der Waals surface area (Å²) in [4.78, 5) is 0. The Morgan fingerprint density at radius 3 is 2.47 bits per heavy atom. The van der Waals surface area contributed by atoms with Crippen LogP contribution in [0.25, 0.3) is 0 Å². The zero-order valence-corrected chi connectivity index (χ0v) is 11.3. The molecule has 2 aliphatic rings. The standard InChI is InChI=1S/C16H22O3/c1-16-7-6-11(10-2-4-13(17)5-3-10)8-12(16)9-14(18)15(16)19/h2-5,11-12,14-15,17-19H,6-9H2,1H3/t11-,12-,14-,15+,16-/m0/s1. The van der Waals surface area contributed by atoms with Gasteiger partial charge in [-0.1, -0.05) is 19.1 Å². The van der Waals surface area contributed by atoms with Crippen molar-refractivity contribution in [1.82, 2.24) is 0 Å². The molecule has 2 aliphatic carbocycles. The summed E-state index contributed by atoms with van der Waals surface area (Å²) in [5.74, 6) is 1.18. The summed E-state index contributed by atoms with van der Waals surface area (Å²) < 4.78 is 0. The van der Waals surface area contributed by atoms with Gasteiger partial charge in [0.15, 0.2) is 0 Å². The summed E-state index contributed by atoms with van der Waals surface area (Å²) in [6.07, 6.45) is 2.61. The fraction of sp³-hybridized carbons (Fsp3) is 0.625. The molecule has 0 heterocycles. The Kier molecular flexibility index (Phi) is 3.06. The van der Waals surface area contributed by atoms with Crippen LogP contribution in [0.5, 0.6) is 5.75 Å². The van der Waals surface area contributed by atoms with Crippen LogP contribution in [0.15, 0.2) is 24.3 Å². The number of phenols is 1. The number of benzene rings is 1. The van der Waals surface area contributed by atoms with Crippen molar-refractivity contribution in [2.45, 2.75) is 50.7 Å². The van der Waals surface area contributed by atoms with E-state index in [1.807, 2.05) is 12.1 Å². The van der Waals surface area contributed by atoms with Crippen molar-refractivity contribution in [2.75, 3.05) is 0 Å². The molecule has 0 aromatic heterocycles. The average molecular weight is 262 g/mol. The lowest BCUT2D eigenvalue weighted by Gasteiger charge is -2.42. The first-order valence-electron chi connectivity index (χ1n) is 7.16. The highest BCUT2D eigenvalue weighted by molar-refractivity contribution is 5.29. The van der Waals surface area contributed by atoms with Crippen LogP contribution in [-0.4, -0.2) is 27.5 Å². The van der Waals surface area contributed by atoms with E-state index < -0.39 is 12.2 Å². The molecule has 3 N–H and O–H groups in total. The molecule has 3 nitrogen and oxygen atoms in total. The highest BCUT2D eigenvalue weighted by Crippen LogP contribution is 2.55. The Balaban J connectivity index is 1.78. The maximum absolute atomic E-state index is 10.2. The Morgan fingerprint density at radius 1 is 1.11 bits per heavy atom. The van der Waals surface area contributed by atoms with E-state index in [1.54, 1.807) is 12.1 Å². The average Bonchev–Trinajstić information content (AvgIpc) is 2.62. The molecule has 2 saturated carbocycles. The highest BCUT2D eigenvalue weighted by Gasteiger charge is 2.53. The van der Waals surface area contributed by atoms with Gasteiger partial charge < -0.3 is 15.3 Å². The number of hydrogen-bond donors (Lipinski definition) is 3. The van der Waals surface area contributed by atoms with Gasteiger partial charge >= 0.3 is 0 Å². The summed E-state index contributed by atoms with van der Waals surface area (Å²) in [6, 6.07) is 7.46. The first-order chi connectivity index (χ1) is 9.00. The van der Waals surface area contributed by atoms with Gasteiger partial charge in [-0.2, -0.15) is 0 Å². The van der Waals surface area contributed by atoms with Gasteiger partial charge in [-0.05, 0) is 60.6 Å². The lowest BCUT2D eigenvalue weighted by molar-refractivity contribution is -0.0360. The van der Waals surface area contributed by atoms with E-state index in [9.17, 15) is 15.3 Å². The molecule has 0 radical (unpaired) electrons. The molecule has 3 rings (SSSR count). The van der Waals surface area contributed by atoms with E-state index in [0.717, 1.165) is 19.3 Å². The summed E-state index contributed by atoms with van der Waals surface area (Å²) in [5, 5.41) is 29.4. The molecule has 0 unspecified atom stereocenters. The number of rotatable bonds is 1. The first kappa shape index (κ1) is 12.9. The van der Waals surface area contributed by atoms with Crippen molar-refractivity contribution in [3.8, 4) is 5.75 Å². The molecular weight excluding hydrogens is 240 g/mol. The predicted octanol–water partition coefficient (Wildman–Crippen LogP) is 2.41. The van der Waals surface area contributed by atoms with Gasteiger partial charge in [-0.15, -0.1) is 0 Å². The lowest BCUT2D eigenvalue weighted by atomic mass is 9.64. The van der Waals surface area contributed by atoms with Crippen LogP contribution < -0.4 is 0 Å². The van der Waals surface area contributed by atoms with Gasteiger partial charge in [0.25, 0.3) is 0 Å². The fourth-order valence-corrected chi connectivity index (χ4v) is 4.08. The molecule has 0 saturated heterocycles. The van der Waals surface area contributed by atoms with E-state index in [1.165, 1.54) is 5.56 Å². The third-order valence-corrected chi connectivity index (χ3v) is 5.46. The monoisotopic (exact) mass is 262 g/mol. The largest absolute Gasteiger partial charge is 0.508 e. The zero-order chi connectivity index (χ0) is 13.6. The van der Waals surface area contributed by atoms with Crippen molar-refractivity contribution in [2.24, 2.45) is 11.3 Å². The van der Waals surface area contributed by atoms with Gasteiger partial charge in [0.05, 0.1) is 12.2 Å². The lowest BCUT2D eigenvalue weighted by Crippen LogP contribution is -2.39. The second-order valence-corrected chi connectivity index (χ2v) is 6.51. The Hall–Kier alpha value is -1.06. The third kappa shape index (κ3) is 2.05. The van der Waals surface area contributed by atoms with Crippen LogP contribution in [0.2, 0.25) is 0 Å². The van der Waals surface area contributed by atoms with Gasteiger partial charge in [0.1, 0.15) is 5.75 Å². The summed E-state index contributed by atoms with van der Waals surface area (Å²) in [5.41, 5.74) is 1.14. The molecule has 0 bridgehead atoms. The van der Waals surface area contributed by atoms with Crippen molar-refractivity contribution < 1.29 is 15.3 Å². The Bertz CT molecular complexity index is 456. The summed E-state index contributed by atoms with van der Waals surface area (Å²) in [6.45, 7) is 2.12. The van der Waals surface area contributed by atoms with Gasteiger partial charge in [0, 0.05) is 0 Å². The smallest absolute Gasteiger partial charge is 0.115 e. The molecule has 104 valence electrons. The van der Waals surface area contributed by atoms with Crippen LogP contribution in [-0.2, 0) is 0 Å². The van der Waals surface area contributed by atoms with Crippen molar-refractivity contribution >= 4 is 0 Å². The number of aliphatic hydroxyl groups is 2. The SMILES string of the molecule is C[C@]12CC[C@H](c3ccc(O)cc3)C[C@H]1C[C@H](O)[C@H]2O. The minimum atomic E-state index is -0.571. The molecule has 2 fully saturated rings. The second kappa shape index (κ2) is 4.50. The topological polar surface area (TPSA) is 60.7 Å². The summed E-state index contributed by atoms with van der Waals surface area (Å²) in [7, 11) is 0. The normalized spacial score (nSPS) is 42.1. The minimum absolute atomic E-state index is 0.118. The molecule has 19 heavy (non-hydrogen) atoms. The molecule has 1 aromatic rings. The highest BCUT2D eigenvalue weighted by atomic mass is 16.3. The van der Waals surface area contributed by atoms with Crippen LogP contribution >= 0.6 is 0 Å². The molecule has 3 heteroatoms. The second-order valence-electron chi connectivity index (χ2n) is 6.51. The molecule has 1 aromatic carbocycles. The van der Waals surface area contributed by atoms with Crippen LogP contribution in [0.1, 0.15) is 44.1 Å². The molecule has 0 amide bonds. The third-order valence-electron chi connectivity index (χ3n) is 5.46. The predicted molar refractivity (Wildman–Crippen MR) is 72.9 cm³/mol. The molecule has 5 atom stereocenters. The maximum atomic E-state index is 10.2. The first-order valence-corrected chi connectivity index (χ1v) is 7.16. The zero-order valence-electron chi connectivity index (χ0n) is 11.3. The van der Waals surface area contributed by atoms with Crippen molar-refractivity contribution in [1.29, 1.82) is 0 Å². The number of fused-ring (bicyclic) bond motifs is 1. The van der Waals surface area contributed by atoms with Gasteiger partial charge in [0.2, 0.25) is 0 Å². The summed E-state index contributed by atoms with van der Waals surface area (Å²) >= 11 is 0. The van der Waals surface area contributed by atoms with E-state index >= 15 is 0 Å². The van der Waals surface area contributed by atoms with E-state index in [-0.39, 0.29) is 5.41 Å². The molecule has 0 aliphatic heterocycles. The van der Waals surface area contributed by atoms with Crippen molar-refractivity contribution in [3.05, 3.63) is 29.8 Å². The number of aromatic hydroxyl groups is 1. The van der Waals surface area contributed by atoms with Gasteiger partial charge in [-0.25, -0.2) is 0 Å². The number of phenolic OH excluding ortho intramolecular Hbond substituents is 1. The molecular formula is C16H22O3. The minimum Gasteiger partial charge on any atom is -0.508 e. The Labute approximate surface area is 113 Å². The Morgan fingerprint density at radius 2 is 1.79 bits per heavy atom. The maximum Gasteiger partial charge on any atom is 0.115 e. The van der Waals surface area contributed by atoms with Crippen LogP contribution in [0.4, 0.5) is 0 Å². The fourth-order valence-electron chi connectivity index (χ4n) is 4.08. The van der Waals surface area contributed by atoms with Gasteiger partial charge in [-0.3, -0.25) is 0 Å². The quantitative estimate of drug-likeness (QED) is 0.728. The van der Waals surface area contributed by atoms with E-state index in [4.69, 9.17) is 0 Å². The van der Waals surface area contributed by atoms with Crippen molar-refractivity contribution in [3.63, 3.8) is 0 Å². The number of aliphatic hydroxyl groups excluding tert-OH is 2. The van der Waals surface area contributed by atoms with Crippen LogP contribution in [0.3, 0.4) is 0 Å². The number of hydrogen-bond acceptors (Lipinski definition) is 3. The molecule has 0 spiro atoms. The van der Waals surface area contributed by atoms with Crippen LogP contribution in [0, 0.1) is 11.3 Å². The van der Waals surface area contributed by atoms with E-state index in [0.29, 0.717) is 24.0 Å². The van der Waals surface area contributed by atoms with E-state index in [2.05, 4.69) is 6.92 Å².